The van der Waals surface area contributed by atoms with Crippen molar-refractivity contribution >= 4 is 49.8 Å². The van der Waals surface area contributed by atoms with Crippen LogP contribution in [-0.4, -0.2) is 54.9 Å². The monoisotopic (exact) mass is 454 g/mol. The van der Waals surface area contributed by atoms with E-state index in [4.69, 9.17) is 0 Å². The van der Waals surface area contributed by atoms with Gasteiger partial charge in [-0.3, -0.25) is 0 Å². The molecule has 1 heterocycles. The van der Waals surface area contributed by atoms with Gasteiger partial charge in [0.2, 0.25) is 0 Å². The van der Waals surface area contributed by atoms with Crippen molar-refractivity contribution in [3.05, 3.63) is 70.6 Å². The average molecular weight is 454 g/mol. The van der Waals surface area contributed by atoms with Crippen LogP contribution in [0.5, 0.6) is 0 Å². The second kappa shape index (κ2) is 8.83. The van der Waals surface area contributed by atoms with Crippen molar-refractivity contribution in [2.24, 2.45) is 0 Å². The van der Waals surface area contributed by atoms with Gasteiger partial charge in [0.15, 0.2) is 0 Å². The molecule has 0 saturated heterocycles. The normalized spacial score (nSPS) is 11.7. The first-order valence-corrected chi connectivity index (χ1v) is 9.96. The number of amides is 1. The topological polar surface area (TPSA) is 112 Å². The minimum absolute atomic E-state index is 0.0672. The molecule has 0 aliphatic heterocycles. The molecule has 1 unspecified atom stereocenters. The SMILES string of the molecule is CC(=O)N(Nc1ncc2ccccc2nc1=O)[C@@H](Cc1ccc([AsH2])cc1)C(=O)O. The molecular weight excluding hydrogens is 435 g/mol. The number of para-hydroxylation sites is 1. The van der Waals surface area contributed by atoms with Gasteiger partial charge in [-0.25, -0.2) is 0 Å². The zero-order valence-corrected chi connectivity index (χ0v) is 18.0. The summed E-state index contributed by atoms with van der Waals surface area (Å²) in [5.74, 6) is -2.00. The number of hydrazine groups is 1. The number of anilines is 1. The van der Waals surface area contributed by atoms with Gasteiger partial charge in [0.05, 0.1) is 0 Å². The summed E-state index contributed by atoms with van der Waals surface area (Å²) in [7, 11) is 0. The zero-order chi connectivity index (χ0) is 21.0. The fourth-order valence-electron chi connectivity index (χ4n) is 2.78. The number of carbonyl (C=O) groups is 2. The molecule has 9 heteroatoms. The second-order valence-electron chi connectivity index (χ2n) is 6.38. The number of hydrogen-bond donors (Lipinski definition) is 2. The number of hydrogen-bond acceptors (Lipinski definition) is 6. The van der Waals surface area contributed by atoms with E-state index in [1.807, 2.05) is 24.3 Å². The first-order chi connectivity index (χ1) is 13.8. The van der Waals surface area contributed by atoms with E-state index in [2.05, 4.69) is 15.4 Å². The summed E-state index contributed by atoms with van der Waals surface area (Å²) in [6.07, 6.45) is 1.51. The van der Waals surface area contributed by atoms with Crippen LogP contribution in [0.4, 0.5) is 5.82 Å². The molecule has 0 aliphatic rings. The van der Waals surface area contributed by atoms with Gasteiger partial charge >= 0.3 is 151 Å². The minimum atomic E-state index is -1.23. The molecule has 1 aromatic heterocycles. The van der Waals surface area contributed by atoms with Crippen LogP contribution in [0.15, 0.2) is 59.5 Å². The van der Waals surface area contributed by atoms with Crippen LogP contribution in [0.1, 0.15) is 12.5 Å². The standard InChI is InChI=1S/C20H19AsN4O4/c1-12(26)25(17(20(28)29)10-13-6-8-15(21)9-7-13)24-18-19(27)23-16-5-3-2-4-14(16)11-22-18/h2-9,11,17H,10,21H2,1H3,(H,28,29)(H,22,23,24,27)/t17-/m0/s1. The Morgan fingerprint density at radius 1 is 1.17 bits per heavy atom. The van der Waals surface area contributed by atoms with E-state index in [1.165, 1.54) is 30.0 Å². The quantitative estimate of drug-likeness (QED) is 0.402. The summed E-state index contributed by atoms with van der Waals surface area (Å²) in [5.41, 5.74) is 3.08. The molecule has 2 aromatic carbocycles. The van der Waals surface area contributed by atoms with Gasteiger partial charge in [-0.05, 0) is 6.07 Å². The Labute approximate surface area is 175 Å². The fourth-order valence-corrected chi connectivity index (χ4v) is 3.19. The average Bonchev–Trinajstić information content (AvgIpc) is 2.84. The Bertz CT molecular complexity index is 1120. The Morgan fingerprint density at radius 2 is 1.86 bits per heavy atom. The number of carboxylic acid groups (broad SMARTS) is 1. The van der Waals surface area contributed by atoms with Crippen molar-refractivity contribution in [3.63, 3.8) is 0 Å². The van der Waals surface area contributed by atoms with Crippen LogP contribution in [-0.2, 0) is 16.0 Å². The predicted molar refractivity (Wildman–Crippen MR) is 112 cm³/mol. The van der Waals surface area contributed by atoms with Gasteiger partial charge in [0.25, 0.3) is 0 Å². The zero-order valence-electron chi connectivity index (χ0n) is 15.6. The van der Waals surface area contributed by atoms with Crippen molar-refractivity contribution in [1.29, 1.82) is 0 Å². The fraction of sp³-hybridized carbons (Fsp3) is 0.150. The molecule has 0 saturated carbocycles. The van der Waals surface area contributed by atoms with Crippen LogP contribution >= 0.6 is 0 Å². The number of nitrogens with one attached hydrogen (secondary N) is 1. The van der Waals surface area contributed by atoms with Gasteiger partial charge < -0.3 is 0 Å². The summed E-state index contributed by atoms with van der Waals surface area (Å²) in [4.78, 5) is 44.6. The summed E-state index contributed by atoms with van der Waals surface area (Å²) < 4.78 is 1.10. The van der Waals surface area contributed by atoms with E-state index in [0.717, 1.165) is 14.9 Å². The number of carbonyl (C=O) groups excluding carboxylic acids is 1. The van der Waals surface area contributed by atoms with Gasteiger partial charge in [-0.15, -0.1) is 0 Å². The van der Waals surface area contributed by atoms with Gasteiger partial charge in [-0.2, -0.15) is 0 Å². The Hall–Kier alpha value is -3.25. The van der Waals surface area contributed by atoms with Crippen LogP contribution in [0, 0.1) is 0 Å². The van der Waals surface area contributed by atoms with Crippen LogP contribution < -0.4 is 15.3 Å². The maximum absolute atomic E-state index is 12.5. The van der Waals surface area contributed by atoms with E-state index in [9.17, 15) is 19.5 Å². The van der Waals surface area contributed by atoms with Gasteiger partial charge in [-0.1, -0.05) is 18.2 Å². The van der Waals surface area contributed by atoms with Gasteiger partial charge in [0, 0.05) is 0 Å². The van der Waals surface area contributed by atoms with E-state index in [-0.39, 0.29) is 12.2 Å². The van der Waals surface area contributed by atoms with Crippen LogP contribution in [0.2, 0.25) is 0 Å². The third-order valence-electron chi connectivity index (χ3n) is 4.27. The van der Waals surface area contributed by atoms with Crippen molar-refractivity contribution in [3.8, 4) is 0 Å². The number of benzene rings is 2. The molecule has 3 rings (SSSR count). The molecule has 148 valence electrons. The van der Waals surface area contributed by atoms with Crippen molar-refractivity contribution < 1.29 is 14.7 Å². The molecule has 29 heavy (non-hydrogen) atoms. The van der Waals surface area contributed by atoms with Crippen LogP contribution in [0.25, 0.3) is 10.9 Å². The van der Waals surface area contributed by atoms with E-state index >= 15 is 0 Å². The van der Waals surface area contributed by atoms with Crippen molar-refractivity contribution in [1.82, 2.24) is 15.0 Å². The number of nitrogens with zero attached hydrogens (tertiary/aromatic N) is 3. The Kier molecular flexibility index (Phi) is 6.24. The molecule has 2 atom stereocenters. The third kappa shape index (κ3) is 4.97. The van der Waals surface area contributed by atoms with E-state index < -0.39 is 23.5 Å². The first-order valence-electron chi connectivity index (χ1n) is 8.75. The summed E-state index contributed by atoms with van der Waals surface area (Å²) >= 11 is 1.46. The van der Waals surface area contributed by atoms with Crippen molar-refractivity contribution in [2.45, 2.75) is 19.4 Å². The predicted octanol–water partition coefficient (Wildman–Crippen LogP) is 0.120. The number of aliphatic carboxylic acids is 1. The third-order valence-corrected chi connectivity index (χ3v) is 5.07. The maximum atomic E-state index is 12.5. The first kappa shape index (κ1) is 20.5. The number of rotatable bonds is 6. The molecule has 8 nitrogen and oxygen atoms in total. The Morgan fingerprint density at radius 3 is 2.52 bits per heavy atom. The summed E-state index contributed by atoms with van der Waals surface area (Å²) in [6.45, 7) is 1.22. The molecule has 0 radical (unpaired) electrons. The second-order valence-corrected chi connectivity index (χ2v) is 7.78. The molecule has 0 aliphatic carbocycles. The Balaban J connectivity index is 1.96. The van der Waals surface area contributed by atoms with E-state index in [1.54, 1.807) is 24.3 Å². The molecule has 0 spiro atoms. The van der Waals surface area contributed by atoms with Gasteiger partial charge in [0.1, 0.15) is 0 Å². The number of fused-ring (bicyclic) bond motifs is 1. The van der Waals surface area contributed by atoms with Crippen molar-refractivity contribution in [2.75, 3.05) is 5.43 Å². The summed E-state index contributed by atoms with van der Waals surface area (Å²) in [5, 5.41) is 11.3. The molecule has 0 fully saturated rings. The molecule has 3 aromatic rings. The number of carboxylic acids is 1. The molecule has 2 N–H and O–H groups in total. The summed E-state index contributed by atoms with van der Waals surface area (Å²) in [6, 6.07) is 13.1. The molecule has 1 amide bonds. The van der Waals surface area contributed by atoms with E-state index in [0.29, 0.717) is 10.9 Å². The molecule has 0 bridgehead atoms. The number of aromatic nitrogens is 2. The van der Waals surface area contributed by atoms with Crippen LogP contribution in [0.3, 0.4) is 0 Å². The molecular formula is C20H19AsN4O4.